The van der Waals surface area contributed by atoms with Crippen LogP contribution in [0.4, 0.5) is 11.5 Å². The third-order valence-corrected chi connectivity index (χ3v) is 9.31. The first-order chi connectivity index (χ1) is 20.5. The normalized spacial score (nSPS) is 20.8. The first-order valence-corrected chi connectivity index (χ1v) is 15.2. The second kappa shape index (κ2) is 12.2. The van der Waals surface area contributed by atoms with Crippen molar-refractivity contribution in [2.24, 2.45) is 0 Å². The van der Waals surface area contributed by atoms with E-state index in [-0.39, 0.29) is 18.4 Å². The summed E-state index contributed by atoms with van der Waals surface area (Å²) in [5.41, 5.74) is 3.52. The standard InChI is InChI=1S/C33H37ClN6O2/c1-3-31(41)40-18-17-39(21-25(40)12-14-35)33-27-13-16-38(29-11-5-8-23-7-4-10-28(34)32(23)29)20-24(27)19-30(36-33)42-22-26-9-6-15-37(26)2/h3-5,7-8,10-11,19,25-26H,1,6,9,12-13,15-18,20-22H2,2H3/t25-,26-/m0/s1. The molecule has 218 valence electrons. The topological polar surface area (TPSA) is 75.9 Å². The van der Waals surface area contributed by atoms with E-state index < -0.39 is 0 Å². The number of carbonyl (C=O) groups is 1. The van der Waals surface area contributed by atoms with Gasteiger partial charge in [-0.2, -0.15) is 10.2 Å². The summed E-state index contributed by atoms with van der Waals surface area (Å²) in [6.07, 6.45) is 4.72. The van der Waals surface area contributed by atoms with Crippen LogP contribution < -0.4 is 14.5 Å². The Bertz CT molecular complexity index is 1530. The first-order valence-electron chi connectivity index (χ1n) is 14.8. The van der Waals surface area contributed by atoms with E-state index in [2.05, 4.69) is 64.7 Å². The van der Waals surface area contributed by atoms with Gasteiger partial charge in [0.05, 0.1) is 23.6 Å². The lowest BCUT2D eigenvalue weighted by atomic mass is 9.97. The predicted molar refractivity (Wildman–Crippen MR) is 167 cm³/mol. The largest absolute Gasteiger partial charge is 0.476 e. The van der Waals surface area contributed by atoms with E-state index in [0.29, 0.717) is 44.7 Å². The van der Waals surface area contributed by atoms with Crippen LogP contribution in [0.15, 0.2) is 55.1 Å². The molecular formula is C33H37ClN6O2. The average molecular weight is 585 g/mol. The van der Waals surface area contributed by atoms with Gasteiger partial charge in [0.15, 0.2) is 0 Å². The van der Waals surface area contributed by atoms with Crippen LogP contribution in [0.2, 0.25) is 5.02 Å². The summed E-state index contributed by atoms with van der Waals surface area (Å²) in [4.78, 5) is 26.4. The summed E-state index contributed by atoms with van der Waals surface area (Å²) in [6, 6.07) is 16.9. The number of ether oxygens (including phenoxy) is 1. The van der Waals surface area contributed by atoms with E-state index in [9.17, 15) is 10.1 Å². The summed E-state index contributed by atoms with van der Waals surface area (Å²) < 4.78 is 6.39. The number of aromatic nitrogens is 1. The van der Waals surface area contributed by atoms with Gasteiger partial charge in [0.25, 0.3) is 0 Å². The Hall–Kier alpha value is -3.80. The van der Waals surface area contributed by atoms with Crippen molar-refractivity contribution in [3.63, 3.8) is 0 Å². The number of piperazine rings is 1. The van der Waals surface area contributed by atoms with Crippen LogP contribution >= 0.6 is 11.6 Å². The number of hydrogen-bond acceptors (Lipinski definition) is 7. The molecule has 0 unspecified atom stereocenters. The molecule has 42 heavy (non-hydrogen) atoms. The molecule has 2 atom stereocenters. The monoisotopic (exact) mass is 584 g/mol. The molecule has 0 saturated carbocycles. The minimum Gasteiger partial charge on any atom is -0.476 e. The van der Waals surface area contributed by atoms with Crippen LogP contribution in [0, 0.1) is 11.3 Å². The molecule has 8 nitrogen and oxygen atoms in total. The van der Waals surface area contributed by atoms with Crippen molar-refractivity contribution in [1.82, 2.24) is 14.8 Å². The molecule has 1 aromatic heterocycles. The Balaban J connectivity index is 1.34. The number of anilines is 2. The fourth-order valence-corrected chi connectivity index (χ4v) is 6.99. The molecule has 4 heterocycles. The molecule has 0 radical (unpaired) electrons. The molecule has 3 aliphatic heterocycles. The lowest BCUT2D eigenvalue weighted by Gasteiger charge is -2.42. The predicted octanol–water partition coefficient (Wildman–Crippen LogP) is 5.04. The van der Waals surface area contributed by atoms with E-state index in [1.165, 1.54) is 23.6 Å². The quantitative estimate of drug-likeness (QED) is 0.360. The number of halogens is 1. The Morgan fingerprint density at radius 3 is 2.76 bits per heavy atom. The van der Waals surface area contributed by atoms with Crippen LogP contribution in [0.5, 0.6) is 5.88 Å². The third-order valence-electron chi connectivity index (χ3n) is 9.00. The summed E-state index contributed by atoms with van der Waals surface area (Å²) >= 11 is 6.71. The Morgan fingerprint density at radius 1 is 1.17 bits per heavy atom. The summed E-state index contributed by atoms with van der Waals surface area (Å²) in [5.74, 6) is 1.40. The van der Waals surface area contributed by atoms with Gasteiger partial charge in [-0.05, 0) is 62.0 Å². The van der Waals surface area contributed by atoms with Gasteiger partial charge in [0, 0.05) is 61.5 Å². The average Bonchev–Trinajstić information content (AvgIpc) is 3.43. The summed E-state index contributed by atoms with van der Waals surface area (Å²) in [6.45, 7) is 8.60. The zero-order valence-electron chi connectivity index (χ0n) is 24.1. The number of pyridine rings is 1. The number of benzene rings is 2. The van der Waals surface area contributed by atoms with Crippen molar-refractivity contribution in [3.05, 3.63) is 71.3 Å². The highest BCUT2D eigenvalue weighted by atomic mass is 35.5. The summed E-state index contributed by atoms with van der Waals surface area (Å²) in [5, 5.41) is 12.5. The Labute approximate surface area is 252 Å². The minimum absolute atomic E-state index is 0.132. The molecule has 0 bridgehead atoms. The molecule has 6 rings (SSSR count). The number of rotatable bonds is 7. The van der Waals surface area contributed by atoms with Gasteiger partial charge in [0.1, 0.15) is 12.4 Å². The first kappa shape index (κ1) is 28.3. The van der Waals surface area contributed by atoms with Gasteiger partial charge < -0.3 is 24.3 Å². The van der Waals surface area contributed by atoms with Gasteiger partial charge in [-0.15, -0.1) is 0 Å². The Kier molecular flexibility index (Phi) is 8.23. The molecule has 0 N–H and O–H groups in total. The van der Waals surface area contributed by atoms with Gasteiger partial charge >= 0.3 is 0 Å². The second-order valence-corrected chi connectivity index (χ2v) is 11.9. The third kappa shape index (κ3) is 5.51. The van der Waals surface area contributed by atoms with Crippen molar-refractivity contribution in [3.8, 4) is 11.9 Å². The number of fused-ring (bicyclic) bond motifs is 2. The van der Waals surface area contributed by atoms with E-state index in [0.717, 1.165) is 53.2 Å². The fraction of sp³-hybridized carbons (Fsp3) is 0.424. The van der Waals surface area contributed by atoms with E-state index in [1.54, 1.807) is 4.90 Å². The maximum Gasteiger partial charge on any atom is 0.246 e. The van der Waals surface area contributed by atoms with Gasteiger partial charge in [-0.25, -0.2) is 0 Å². The number of hydrogen-bond donors (Lipinski definition) is 0. The molecule has 0 aliphatic carbocycles. The molecule has 3 aromatic rings. The van der Waals surface area contributed by atoms with Crippen LogP contribution in [0.3, 0.4) is 0 Å². The molecule has 0 spiro atoms. The van der Waals surface area contributed by atoms with Gasteiger partial charge in [0.2, 0.25) is 11.8 Å². The molecule has 3 aliphatic rings. The van der Waals surface area contributed by atoms with Crippen LogP contribution in [-0.2, 0) is 17.8 Å². The lowest BCUT2D eigenvalue weighted by Crippen LogP contribution is -2.55. The molecular weight excluding hydrogens is 548 g/mol. The SMILES string of the molecule is C=CC(=O)N1CCN(c2nc(OC[C@@H]3CCCN3C)cc3c2CCN(c2cccc4cccc(Cl)c24)C3)C[C@@H]1CC#N. The highest BCUT2D eigenvalue weighted by molar-refractivity contribution is 6.36. The van der Waals surface area contributed by atoms with Crippen molar-refractivity contribution < 1.29 is 9.53 Å². The van der Waals surface area contributed by atoms with E-state index in [1.807, 2.05) is 12.1 Å². The number of carbonyl (C=O) groups excluding carboxylic acids is 1. The highest BCUT2D eigenvalue weighted by Crippen LogP contribution is 2.38. The zero-order valence-corrected chi connectivity index (χ0v) is 24.9. The second-order valence-electron chi connectivity index (χ2n) is 11.5. The fourth-order valence-electron chi connectivity index (χ4n) is 6.72. The Morgan fingerprint density at radius 2 is 2.00 bits per heavy atom. The van der Waals surface area contributed by atoms with Crippen LogP contribution in [0.1, 0.15) is 30.4 Å². The van der Waals surface area contributed by atoms with E-state index in [4.69, 9.17) is 21.3 Å². The maximum atomic E-state index is 12.5. The number of nitrogens with zero attached hydrogens (tertiary/aromatic N) is 6. The molecule has 1 amide bonds. The van der Waals surface area contributed by atoms with Crippen molar-refractivity contribution >= 4 is 39.8 Å². The lowest BCUT2D eigenvalue weighted by molar-refractivity contribution is -0.128. The molecule has 2 fully saturated rings. The number of likely N-dealkylation sites (tertiary alicyclic amines) is 1. The van der Waals surface area contributed by atoms with Crippen molar-refractivity contribution in [2.45, 2.75) is 44.3 Å². The smallest absolute Gasteiger partial charge is 0.246 e. The number of nitriles is 1. The molecule has 2 aromatic carbocycles. The maximum absolute atomic E-state index is 12.5. The summed E-state index contributed by atoms with van der Waals surface area (Å²) in [7, 11) is 2.15. The molecule has 9 heteroatoms. The van der Waals surface area contributed by atoms with E-state index >= 15 is 0 Å². The van der Waals surface area contributed by atoms with Crippen LogP contribution in [0.25, 0.3) is 10.8 Å². The number of amides is 1. The van der Waals surface area contributed by atoms with Crippen LogP contribution in [-0.4, -0.2) is 79.2 Å². The van der Waals surface area contributed by atoms with Gasteiger partial charge in [-0.1, -0.05) is 42.4 Å². The van der Waals surface area contributed by atoms with Crippen molar-refractivity contribution in [2.75, 3.05) is 56.2 Å². The zero-order chi connectivity index (χ0) is 29.2. The van der Waals surface area contributed by atoms with Crippen molar-refractivity contribution in [1.29, 1.82) is 5.26 Å². The minimum atomic E-state index is -0.221. The molecule has 2 saturated heterocycles. The number of likely N-dealkylation sites (N-methyl/N-ethyl adjacent to an activating group) is 1. The highest BCUT2D eigenvalue weighted by Gasteiger charge is 2.33. The van der Waals surface area contributed by atoms with Gasteiger partial charge in [-0.3, -0.25) is 4.79 Å².